The van der Waals surface area contributed by atoms with Crippen LogP contribution in [-0.2, 0) is 0 Å². The van der Waals surface area contributed by atoms with E-state index in [1.165, 1.54) is 0 Å². The van der Waals surface area contributed by atoms with Crippen LogP contribution in [0.4, 0.5) is 10.1 Å². The van der Waals surface area contributed by atoms with Crippen LogP contribution in [0.2, 0.25) is 5.28 Å². The third-order valence-electron chi connectivity index (χ3n) is 2.16. The molecule has 0 bridgehead atoms. The highest BCUT2D eigenvalue weighted by molar-refractivity contribution is 6.28. The van der Waals surface area contributed by atoms with Crippen LogP contribution >= 0.6 is 11.6 Å². The molecule has 0 aliphatic rings. The lowest BCUT2D eigenvalue weighted by Crippen LogP contribution is -2.02. The number of nitrogens with zero attached hydrogens (tertiary/aromatic N) is 4. The van der Waals surface area contributed by atoms with Gasteiger partial charge < -0.3 is 9.47 Å². The molecule has 1 heterocycles. The number of nitro groups is 1. The first-order valence-corrected chi connectivity index (χ1v) is 6.03. The van der Waals surface area contributed by atoms with Crippen molar-refractivity contribution in [1.29, 1.82) is 0 Å². The van der Waals surface area contributed by atoms with Gasteiger partial charge in [-0.1, -0.05) is 0 Å². The third-order valence-corrected chi connectivity index (χ3v) is 2.33. The standard InChI is InChI=1S/C11H8ClFN4O4/c1-2-20-10-14-9(12)15-11(16-10)21-8-5-6(13)3-4-7(8)17(18)19/h3-5H,2H2,1H3. The molecule has 2 rings (SSSR count). The van der Waals surface area contributed by atoms with Gasteiger partial charge in [0, 0.05) is 12.1 Å². The predicted molar refractivity (Wildman–Crippen MR) is 69.1 cm³/mol. The van der Waals surface area contributed by atoms with Gasteiger partial charge in [0.05, 0.1) is 11.5 Å². The van der Waals surface area contributed by atoms with E-state index in [4.69, 9.17) is 21.1 Å². The van der Waals surface area contributed by atoms with Crippen molar-refractivity contribution in [1.82, 2.24) is 15.0 Å². The fraction of sp³-hybridized carbons (Fsp3) is 0.182. The van der Waals surface area contributed by atoms with E-state index in [1.807, 2.05) is 0 Å². The Morgan fingerprint density at radius 2 is 2.05 bits per heavy atom. The molecule has 110 valence electrons. The maximum Gasteiger partial charge on any atom is 0.329 e. The molecule has 10 heteroatoms. The second-order valence-electron chi connectivity index (χ2n) is 3.57. The summed E-state index contributed by atoms with van der Waals surface area (Å²) in [4.78, 5) is 21.2. The average molecular weight is 315 g/mol. The molecule has 0 saturated carbocycles. The molecule has 0 radical (unpaired) electrons. The number of rotatable bonds is 5. The maximum absolute atomic E-state index is 13.2. The van der Waals surface area contributed by atoms with Gasteiger partial charge in [0.1, 0.15) is 5.82 Å². The second kappa shape index (κ2) is 6.27. The largest absolute Gasteiger partial charge is 0.464 e. The number of hydrogen-bond acceptors (Lipinski definition) is 7. The minimum Gasteiger partial charge on any atom is -0.464 e. The quantitative estimate of drug-likeness (QED) is 0.617. The average Bonchev–Trinajstić information content (AvgIpc) is 2.38. The number of halogens is 2. The van der Waals surface area contributed by atoms with Crippen molar-refractivity contribution >= 4 is 17.3 Å². The Labute approximate surface area is 122 Å². The number of hydrogen-bond donors (Lipinski definition) is 0. The van der Waals surface area contributed by atoms with E-state index in [0.717, 1.165) is 18.2 Å². The van der Waals surface area contributed by atoms with Crippen molar-refractivity contribution in [3.8, 4) is 17.8 Å². The molecule has 0 atom stereocenters. The minimum absolute atomic E-state index is 0.105. The summed E-state index contributed by atoms with van der Waals surface area (Å²) in [6, 6.07) is 2.31. The number of nitro benzene ring substituents is 1. The number of aromatic nitrogens is 3. The molecule has 1 aromatic heterocycles. The van der Waals surface area contributed by atoms with Gasteiger partial charge in [0.2, 0.25) is 11.0 Å². The smallest absolute Gasteiger partial charge is 0.329 e. The van der Waals surface area contributed by atoms with Gasteiger partial charge in [0.15, 0.2) is 0 Å². The van der Waals surface area contributed by atoms with E-state index < -0.39 is 16.4 Å². The van der Waals surface area contributed by atoms with Gasteiger partial charge in [-0.15, -0.1) is 4.98 Å². The van der Waals surface area contributed by atoms with Crippen LogP contribution < -0.4 is 9.47 Å². The topological polar surface area (TPSA) is 100 Å². The molecule has 0 saturated heterocycles. The van der Waals surface area contributed by atoms with Gasteiger partial charge in [-0.2, -0.15) is 9.97 Å². The molecule has 0 fully saturated rings. The molecule has 0 aliphatic heterocycles. The molecular formula is C11H8ClFN4O4. The summed E-state index contributed by atoms with van der Waals surface area (Å²) in [5.41, 5.74) is -0.439. The fourth-order valence-corrected chi connectivity index (χ4v) is 1.52. The highest BCUT2D eigenvalue weighted by Gasteiger charge is 2.18. The van der Waals surface area contributed by atoms with Crippen LogP contribution in [-0.4, -0.2) is 26.5 Å². The molecule has 2 aromatic rings. The van der Waals surface area contributed by atoms with E-state index in [1.54, 1.807) is 6.92 Å². The summed E-state index contributed by atoms with van der Waals surface area (Å²) in [6.45, 7) is 1.98. The molecule has 0 spiro atoms. The lowest BCUT2D eigenvalue weighted by molar-refractivity contribution is -0.385. The molecular weight excluding hydrogens is 307 g/mol. The van der Waals surface area contributed by atoms with Crippen molar-refractivity contribution in [3.05, 3.63) is 39.4 Å². The lowest BCUT2D eigenvalue weighted by Gasteiger charge is -2.06. The van der Waals surface area contributed by atoms with E-state index in [-0.39, 0.29) is 29.7 Å². The van der Waals surface area contributed by atoms with Crippen LogP contribution in [0.15, 0.2) is 18.2 Å². The highest BCUT2D eigenvalue weighted by atomic mass is 35.5. The van der Waals surface area contributed by atoms with Crippen LogP contribution in [0.5, 0.6) is 17.8 Å². The minimum atomic E-state index is -0.721. The summed E-state index contributed by atoms with van der Waals surface area (Å²) in [5.74, 6) is -1.06. The monoisotopic (exact) mass is 314 g/mol. The molecule has 1 aromatic carbocycles. The first kappa shape index (κ1) is 14.9. The SMILES string of the molecule is CCOc1nc(Cl)nc(Oc2cc(F)ccc2[N+](=O)[O-])n1. The summed E-state index contributed by atoms with van der Waals surface area (Å²) in [6.07, 6.45) is 0. The highest BCUT2D eigenvalue weighted by Crippen LogP contribution is 2.31. The second-order valence-corrected chi connectivity index (χ2v) is 3.91. The molecule has 21 heavy (non-hydrogen) atoms. The maximum atomic E-state index is 13.2. The zero-order valence-corrected chi connectivity index (χ0v) is 11.4. The summed E-state index contributed by atoms with van der Waals surface area (Å²) in [7, 11) is 0. The Bertz CT molecular complexity index is 685. The van der Waals surface area contributed by atoms with Crippen molar-refractivity contribution in [2.24, 2.45) is 0 Å². The molecule has 0 N–H and O–H groups in total. The van der Waals surface area contributed by atoms with E-state index in [0.29, 0.717) is 0 Å². The Morgan fingerprint density at radius 1 is 1.33 bits per heavy atom. The van der Waals surface area contributed by atoms with Crippen LogP contribution in [0.1, 0.15) is 6.92 Å². The van der Waals surface area contributed by atoms with E-state index in [9.17, 15) is 14.5 Å². The Kier molecular flexibility index (Phi) is 4.43. The van der Waals surface area contributed by atoms with Gasteiger partial charge in [-0.05, 0) is 24.6 Å². The predicted octanol–water partition coefficient (Wildman–Crippen LogP) is 2.76. The van der Waals surface area contributed by atoms with E-state index in [2.05, 4.69) is 15.0 Å². The first-order chi connectivity index (χ1) is 9.99. The van der Waals surface area contributed by atoms with Crippen molar-refractivity contribution < 1.29 is 18.8 Å². The molecule has 8 nitrogen and oxygen atoms in total. The van der Waals surface area contributed by atoms with E-state index >= 15 is 0 Å². The number of ether oxygens (including phenoxy) is 2. The van der Waals surface area contributed by atoms with Gasteiger partial charge >= 0.3 is 17.7 Å². The zero-order chi connectivity index (χ0) is 15.4. The summed E-state index contributed by atoms with van der Waals surface area (Å²) < 4.78 is 23.3. The van der Waals surface area contributed by atoms with Gasteiger partial charge in [0.25, 0.3) is 0 Å². The zero-order valence-electron chi connectivity index (χ0n) is 10.6. The van der Waals surface area contributed by atoms with Crippen molar-refractivity contribution in [2.45, 2.75) is 6.92 Å². The third kappa shape index (κ3) is 3.72. The Balaban J connectivity index is 2.37. The van der Waals surface area contributed by atoms with Crippen LogP contribution in [0, 0.1) is 15.9 Å². The van der Waals surface area contributed by atoms with Crippen molar-refractivity contribution in [2.75, 3.05) is 6.61 Å². The summed E-state index contributed by atoms with van der Waals surface area (Å²) >= 11 is 5.66. The van der Waals surface area contributed by atoms with Gasteiger partial charge in [-0.3, -0.25) is 10.1 Å². The lowest BCUT2D eigenvalue weighted by atomic mass is 10.3. The van der Waals surface area contributed by atoms with Crippen molar-refractivity contribution in [3.63, 3.8) is 0 Å². The Morgan fingerprint density at radius 3 is 2.71 bits per heavy atom. The Hall–Kier alpha value is -2.55. The molecule has 0 aliphatic carbocycles. The molecule has 0 unspecified atom stereocenters. The van der Waals surface area contributed by atoms with Crippen LogP contribution in [0.25, 0.3) is 0 Å². The molecule has 0 amide bonds. The van der Waals surface area contributed by atoms with Crippen LogP contribution in [0.3, 0.4) is 0 Å². The normalized spacial score (nSPS) is 10.2. The first-order valence-electron chi connectivity index (χ1n) is 5.65. The summed E-state index contributed by atoms with van der Waals surface area (Å²) in [5, 5.41) is 10.6. The van der Waals surface area contributed by atoms with Gasteiger partial charge in [-0.25, -0.2) is 4.39 Å². The number of benzene rings is 1. The fourth-order valence-electron chi connectivity index (χ4n) is 1.37.